The average molecular weight is 523 g/mol. The molecule has 1 fully saturated rings. The molecule has 10 heteroatoms. The Morgan fingerprint density at radius 2 is 1.83 bits per heavy atom. The quantitative estimate of drug-likeness (QED) is 0.220. The van der Waals surface area contributed by atoms with Crippen LogP contribution in [-0.2, 0) is 11.3 Å². The Morgan fingerprint density at radius 3 is 2.61 bits per heavy atom. The Balaban J connectivity index is 1.18. The normalized spacial score (nSPS) is 14.3. The van der Waals surface area contributed by atoms with Gasteiger partial charge >= 0.3 is 5.69 Å². The molecule has 0 bridgehead atoms. The van der Waals surface area contributed by atoms with E-state index in [1.807, 2.05) is 63.9 Å². The van der Waals surface area contributed by atoms with Gasteiger partial charge in [0.25, 0.3) is 0 Å². The Morgan fingerprint density at radius 1 is 1.11 bits per heavy atom. The zero-order valence-corrected chi connectivity index (χ0v) is 21.5. The van der Waals surface area contributed by atoms with Gasteiger partial charge in [0.2, 0.25) is 5.91 Å². The number of aromatic amines is 1. The minimum absolute atomic E-state index is 0.0347. The summed E-state index contributed by atoms with van der Waals surface area (Å²) in [6, 6.07) is 19.6. The van der Waals surface area contributed by atoms with E-state index in [1.165, 1.54) is 11.8 Å². The summed E-state index contributed by atoms with van der Waals surface area (Å²) in [7, 11) is 1.95. The van der Waals surface area contributed by atoms with Gasteiger partial charge in [0, 0.05) is 38.8 Å². The number of carbonyl (C=O) groups is 1. The monoisotopic (exact) mass is 522 g/mol. The van der Waals surface area contributed by atoms with E-state index in [0.29, 0.717) is 35.8 Å². The number of piperidine rings is 1. The number of nitrogens with zero attached hydrogens (tertiary/aromatic N) is 5. The van der Waals surface area contributed by atoms with Gasteiger partial charge in [-0.15, -0.1) is 0 Å². The van der Waals surface area contributed by atoms with Crippen LogP contribution in [0.5, 0.6) is 0 Å². The largest absolute Gasteiger partial charge is 0.355 e. The van der Waals surface area contributed by atoms with Crippen molar-refractivity contribution in [3.63, 3.8) is 0 Å². The number of para-hydroxylation sites is 2. The summed E-state index contributed by atoms with van der Waals surface area (Å²) in [6.07, 6.45) is 1.47. The first-order valence-corrected chi connectivity index (χ1v) is 13.2. The molecule has 0 radical (unpaired) electrons. The molecule has 8 nitrogen and oxygen atoms in total. The highest BCUT2D eigenvalue weighted by atomic mass is 35.5. The standard InChI is InChI=1S/C26H27ClN6O2S/c1-31(16-18-7-3-2-4-8-18)23-15-22(27)29-25(30-23)36-17-24(34)32-13-11-19(12-14-32)33-21-10-6-5-9-20(21)28-26(33)35/h2-10,15,19H,11-14,16-17H2,1H3,(H,28,35). The smallest absolute Gasteiger partial charge is 0.326 e. The number of benzene rings is 2. The number of amides is 1. The van der Waals surface area contributed by atoms with Crippen molar-refractivity contribution in [2.45, 2.75) is 30.6 Å². The second-order valence-electron chi connectivity index (χ2n) is 8.89. The molecule has 0 spiro atoms. The van der Waals surface area contributed by atoms with Crippen molar-refractivity contribution in [1.29, 1.82) is 0 Å². The van der Waals surface area contributed by atoms with Crippen molar-refractivity contribution < 1.29 is 4.79 Å². The molecule has 0 aliphatic carbocycles. The molecule has 1 amide bonds. The van der Waals surface area contributed by atoms with Gasteiger partial charge in [-0.25, -0.2) is 14.8 Å². The van der Waals surface area contributed by atoms with Crippen LogP contribution in [0, 0.1) is 0 Å². The number of imidazole rings is 1. The number of fused-ring (bicyclic) bond motifs is 1. The Hall–Kier alpha value is -3.30. The van der Waals surface area contributed by atoms with Gasteiger partial charge in [0.15, 0.2) is 5.16 Å². The van der Waals surface area contributed by atoms with Gasteiger partial charge in [0.05, 0.1) is 16.8 Å². The van der Waals surface area contributed by atoms with Crippen LogP contribution in [0.15, 0.2) is 70.6 Å². The number of aromatic nitrogens is 4. The maximum absolute atomic E-state index is 12.9. The van der Waals surface area contributed by atoms with Crippen LogP contribution in [0.3, 0.4) is 0 Å². The summed E-state index contributed by atoms with van der Waals surface area (Å²) in [5.74, 6) is 0.978. The second-order valence-corrected chi connectivity index (χ2v) is 10.2. The molecular weight excluding hydrogens is 496 g/mol. The van der Waals surface area contributed by atoms with E-state index in [0.717, 1.165) is 29.4 Å². The van der Waals surface area contributed by atoms with E-state index in [-0.39, 0.29) is 23.4 Å². The van der Waals surface area contributed by atoms with Crippen molar-refractivity contribution in [2.75, 3.05) is 30.8 Å². The molecular formula is C26H27ClN6O2S. The fourth-order valence-electron chi connectivity index (χ4n) is 4.61. The molecule has 0 unspecified atom stereocenters. The number of halogens is 1. The van der Waals surface area contributed by atoms with Crippen molar-refractivity contribution >= 4 is 46.1 Å². The molecule has 0 atom stereocenters. The Bertz CT molecular complexity index is 1410. The van der Waals surface area contributed by atoms with Crippen LogP contribution in [0.1, 0.15) is 24.4 Å². The van der Waals surface area contributed by atoms with Crippen molar-refractivity contribution in [1.82, 2.24) is 24.4 Å². The summed E-state index contributed by atoms with van der Waals surface area (Å²) < 4.78 is 1.83. The SMILES string of the molecule is CN(Cc1ccccc1)c1cc(Cl)nc(SCC(=O)N2CCC(n3c(=O)[nH]c4ccccc43)CC2)n1. The first-order valence-electron chi connectivity index (χ1n) is 11.9. The maximum atomic E-state index is 12.9. The summed E-state index contributed by atoms with van der Waals surface area (Å²) >= 11 is 7.56. The van der Waals surface area contributed by atoms with E-state index < -0.39 is 0 Å². The highest BCUT2D eigenvalue weighted by Crippen LogP contribution is 2.26. The van der Waals surface area contributed by atoms with Crippen LogP contribution in [0.4, 0.5) is 5.82 Å². The third-order valence-corrected chi connectivity index (χ3v) is 7.47. The fourth-order valence-corrected chi connectivity index (χ4v) is 5.60. The Labute approximate surface area is 218 Å². The molecule has 36 heavy (non-hydrogen) atoms. The summed E-state index contributed by atoms with van der Waals surface area (Å²) in [5, 5.41) is 0.825. The molecule has 1 aliphatic rings. The lowest BCUT2D eigenvalue weighted by molar-refractivity contribution is -0.129. The van der Waals surface area contributed by atoms with E-state index in [4.69, 9.17) is 11.6 Å². The zero-order valence-electron chi connectivity index (χ0n) is 19.9. The molecule has 2 aromatic carbocycles. The molecule has 1 aliphatic heterocycles. The minimum Gasteiger partial charge on any atom is -0.355 e. The molecule has 5 rings (SSSR count). The van der Waals surface area contributed by atoms with E-state index in [1.54, 1.807) is 6.07 Å². The lowest BCUT2D eigenvalue weighted by atomic mass is 10.0. The molecule has 2 aromatic heterocycles. The number of H-pyrrole nitrogens is 1. The fraction of sp³-hybridized carbons (Fsp3) is 0.308. The average Bonchev–Trinajstić information content (AvgIpc) is 3.23. The number of thioether (sulfide) groups is 1. The number of rotatable bonds is 7. The zero-order chi connectivity index (χ0) is 25.1. The van der Waals surface area contributed by atoms with Crippen LogP contribution in [0.2, 0.25) is 5.15 Å². The van der Waals surface area contributed by atoms with Gasteiger partial charge in [-0.3, -0.25) is 9.36 Å². The molecule has 1 saturated heterocycles. The molecule has 4 aromatic rings. The lowest BCUT2D eigenvalue weighted by Gasteiger charge is -2.32. The van der Waals surface area contributed by atoms with Crippen molar-refractivity contribution in [2.24, 2.45) is 0 Å². The summed E-state index contributed by atoms with van der Waals surface area (Å²) in [6.45, 7) is 1.90. The number of nitrogens with one attached hydrogen (secondary N) is 1. The molecule has 3 heterocycles. The lowest BCUT2D eigenvalue weighted by Crippen LogP contribution is -2.41. The van der Waals surface area contributed by atoms with Crippen molar-refractivity contribution in [3.8, 4) is 0 Å². The number of anilines is 1. The maximum Gasteiger partial charge on any atom is 0.326 e. The van der Waals surface area contributed by atoms with Gasteiger partial charge in [-0.05, 0) is 30.5 Å². The summed E-state index contributed by atoms with van der Waals surface area (Å²) in [5.41, 5.74) is 2.82. The number of likely N-dealkylation sites (tertiary alicyclic amines) is 1. The summed E-state index contributed by atoms with van der Waals surface area (Å²) in [4.78, 5) is 41.1. The van der Waals surface area contributed by atoms with E-state index >= 15 is 0 Å². The number of hydrogen-bond acceptors (Lipinski definition) is 6. The highest BCUT2D eigenvalue weighted by Gasteiger charge is 2.26. The third kappa shape index (κ3) is 5.42. The van der Waals surface area contributed by atoms with Crippen LogP contribution < -0.4 is 10.6 Å². The molecule has 0 saturated carbocycles. The Kier molecular flexibility index (Phi) is 7.29. The minimum atomic E-state index is -0.0947. The van der Waals surface area contributed by atoms with Crippen molar-refractivity contribution in [3.05, 3.63) is 81.9 Å². The second kappa shape index (κ2) is 10.8. The predicted octanol–water partition coefficient (Wildman–Crippen LogP) is 4.37. The topological polar surface area (TPSA) is 87.1 Å². The highest BCUT2D eigenvalue weighted by molar-refractivity contribution is 7.99. The van der Waals surface area contributed by atoms with Gasteiger partial charge < -0.3 is 14.8 Å². The molecule has 186 valence electrons. The third-order valence-electron chi connectivity index (χ3n) is 6.45. The van der Waals surface area contributed by atoms with Crippen LogP contribution >= 0.6 is 23.4 Å². The predicted molar refractivity (Wildman–Crippen MR) is 144 cm³/mol. The first-order chi connectivity index (χ1) is 17.5. The number of hydrogen-bond donors (Lipinski definition) is 1. The first kappa shape index (κ1) is 24.4. The van der Waals surface area contributed by atoms with Crippen LogP contribution in [0.25, 0.3) is 11.0 Å². The van der Waals surface area contributed by atoms with E-state index in [9.17, 15) is 9.59 Å². The number of carbonyl (C=O) groups excluding carboxylic acids is 1. The van der Waals surface area contributed by atoms with Gasteiger partial charge in [0.1, 0.15) is 11.0 Å². The van der Waals surface area contributed by atoms with E-state index in [2.05, 4.69) is 27.1 Å². The van der Waals surface area contributed by atoms with Gasteiger partial charge in [-0.2, -0.15) is 0 Å². The van der Waals surface area contributed by atoms with Crippen LogP contribution in [-0.4, -0.2) is 56.2 Å². The molecule has 1 N–H and O–H groups in total. The van der Waals surface area contributed by atoms with Gasteiger partial charge in [-0.1, -0.05) is 65.8 Å².